The van der Waals surface area contributed by atoms with E-state index in [1.165, 1.54) is 5.56 Å². The first-order chi connectivity index (χ1) is 13.6. The predicted octanol–water partition coefficient (Wildman–Crippen LogP) is 2.85. The van der Waals surface area contributed by atoms with Crippen molar-refractivity contribution in [2.75, 3.05) is 31.5 Å². The third-order valence-electron chi connectivity index (χ3n) is 5.01. The molecular weight excluding hydrogens is 352 g/mol. The van der Waals surface area contributed by atoms with E-state index >= 15 is 0 Å². The largest absolute Gasteiger partial charge is 0.332 e. The van der Waals surface area contributed by atoms with Crippen LogP contribution in [0.3, 0.4) is 0 Å². The van der Waals surface area contributed by atoms with Gasteiger partial charge in [0.15, 0.2) is 0 Å². The summed E-state index contributed by atoms with van der Waals surface area (Å²) in [6.07, 6.45) is 0.992. The molecular formula is C22H28N4O2. The summed E-state index contributed by atoms with van der Waals surface area (Å²) in [4.78, 5) is 26.8. The number of aryl methyl sites for hydroxylation is 2. The van der Waals surface area contributed by atoms with Crippen LogP contribution < -0.4 is 16.0 Å². The zero-order valence-corrected chi connectivity index (χ0v) is 16.5. The van der Waals surface area contributed by atoms with Crippen molar-refractivity contribution in [3.63, 3.8) is 0 Å². The quantitative estimate of drug-likeness (QED) is 0.747. The third-order valence-corrected chi connectivity index (χ3v) is 5.01. The molecule has 1 aliphatic heterocycles. The minimum absolute atomic E-state index is 0.0196. The lowest BCUT2D eigenvalue weighted by atomic mass is 10.0. The summed E-state index contributed by atoms with van der Waals surface area (Å²) in [7, 11) is 0. The highest BCUT2D eigenvalue weighted by molar-refractivity contribution is 5.92. The van der Waals surface area contributed by atoms with Gasteiger partial charge in [0.05, 0.1) is 12.6 Å². The molecule has 1 aliphatic rings. The molecule has 0 bridgehead atoms. The average Bonchev–Trinajstić information content (AvgIpc) is 2.72. The van der Waals surface area contributed by atoms with Gasteiger partial charge in [-0.1, -0.05) is 43.3 Å². The van der Waals surface area contributed by atoms with Gasteiger partial charge in [-0.05, 0) is 42.2 Å². The summed E-state index contributed by atoms with van der Waals surface area (Å²) in [5, 5.41) is 8.80. The lowest BCUT2D eigenvalue weighted by Gasteiger charge is -2.36. The number of hydrogen-bond acceptors (Lipinski definition) is 3. The molecule has 3 rings (SSSR count). The molecule has 148 valence electrons. The van der Waals surface area contributed by atoms with E-state index < -0.39 is 0 Å². The number of piperazine rings is 1. The van der Waals surface area contributed by atoms with Gasteiger partial charge in [0.2, 0.25) is 5.91 Å². The fraction of sp³-hybridized carbons (Fsp3) is 0.364. The maximum Gasteiger partial charge on any atom is 0.319 e. The second-order valence-electron chi connectivity index (χ2n) is 7.08. The first-order valence-corrected chi connectivity index (χ1v) is 9.77. The molecule has 1 atom stereocenters. The molecule has 1 heterocycles. The third kappa shape index (κ3) is 5.10. The Bertz CT molecular complexity index is 820. The van der Waals surface area contributed by atoms with Gasteiger partial charge in [-0.3, -0.25) is 4.79 Å². The molecule has 3 amide bonds. The van der Waals surface area contributed by atoms with Crippen LogP contribution in [0.2, 0.25) is 0 Å². The van der Waals surface area contributed by atoms with Gasteiger partial charge >= 0.3 is 6.03 Å². The Hall–Kier alpha value is -2.86. The lowest BCUT2D eigenvalue weighted by molar-refractivity contribution is -0.133. The zero-order chi connectivity index (χ0) is 19.9. The van der Waals surface area contributed by atoms with Crippen LogP contribution >= 0.6 is 0 Å². The molecule has 1 fully saturated rings. The number of carbonyl (C=O) groups is 2. The lowest BCUT2D eigenvalue weighted by Crippen LogP contribution is -2.51. The SMILES string of the molecule is CCc1ccc(C2CNCCN2C(=O)CNC(=O)Nc2cccc(C)c2)cc1. The molecule has 6 heteroatoms. The van der Waals surface area contributed by atoms with E-state index in [1.807, 2.05) is 36.1 Å². The number of amides is 3. The number of hydrogen-bond donors (Lipinski definition) is 3. The summed E-state index contributed by atoms with van der Waals surface area (Å²) in [5.41, 5.74) is 4.16. The molecule has 2 aromatic rings. The Labute approximate surface area is 166 Å². The molecule has 0 aromatic heterocycles. The summed E-state index contributed by atoms with van der Waals surface area (Å²) in [6.45, 7) is 6.16. The van der Waals surface area contributed by atoms with E-state index in [4.69, 9.17) is 0 Å². The average molecular weight is 380 g/mol. The van der Waals surface area contributed by atoms with Crippen molar-refractivity contribution in [2.24, 2.45) is 0 Å². The van der Waals surface area contributed by atoms with E-state index in [1.54, 1.807) is 0 Å². The van der Waals surface area contributed by atoms with Crippen molar-refractivity contribution in [1.29, 1.82) is 0 Å². The maximum absolute atomic E-state index is 12.8. The van der Waals surface area contributed by atoms with Gasteiger partial charge in [0, 0.05) is 25.3 Å². The van der Waals surface area contributed by atoms with E-state index in [0.29, 0.717) is 18.8 Å². The highest BCUT2D eigenvalue weighted by atomic mass is 16.2. The van der Waals surface area contributed by atoms with Gasteiger partial charge in [-0.25, -0.2) is 4.79 Å². The van der Waals surface area contributed by atoms with Crippen LogP contribution in [0.5, 0.6) is 0 Å². The Morgan fingerprint density at radius 2 is 1.96 bits per heavy atom. The van der Waals surface area contributed by atoms with Gasteiger partial charge in [0.25, 0.3) is 0 Å². The van der Waals surface area contributed by atoms with Crippen molar-refractivity contribution < 1.29 is 9.59 Å². The first kappa shape index (κ1) is 19.9. The van der Waals surface area contributed by atoms with Gasteiger partial charge in [-0.2, -0.15) is 0 Å². The van der Waals surface area contributed by atoms with Crippen LogP contribution in [0, 0.1) is 6.92 Å². The van der Waals surface area contributed by atoms with E-state index in [0.717, 1.165) is 24.1 Å². The minimum atomic E-state index is -0.377. The normalized spacial score (nSPS) is 16.5. The molecule has 2 aromatic carbocycles. The second-order valence-corrected chi connectivity index (χ2v) is 7.08. The minimum Gasteiger partial charge on any atom is -0.332 e. The second kappa shape index (κ2) is 9.37. The van der Waals surface area contributed by atoms with Crippen molar-refractivity contribution in [1.82, 2.24) is 15.5 Å². The number of rotatable bonds is 5. The Morgan fingerprint density at radius 1 is 1.18 bits per heavy atom. The number of nitrogens with zero attached hydrogens (tertiary/aromatic N) is 1. The molecule has 0 spiro atoms. The molecule has 0 aliphatic carbocycles. The topological polar surface area (TPSA) is 73.5 Å². The van der Waals surface area contributed by atoms with Crippen LogP contribution in [0.15, 0.2) is 48.5 Å². The number of nitrogens with one attached hydrogen (secondary N) is 3. The monoisotopic (exact) mass is 380 g/mol. The Morgan fingerprint density at radius 3 is 2.68 bits per heavy atom. The van der Waals surface area contributed by atoms with Crippen molar-refractivity contribution >= 4 is 17.6 Å². The van der Waals surface area contributed by atoms with Crippen LogP contribution in [0.1, 0.15) is 29.7 Å². The fourth-order valence-electron chi connectivity index (χ4n) is 3.43. The predicted molar refractivity (Wildman–Crippen MR) is 111 cm³/mol. The maximum atomic E-state index is 12.8. The summed E-state index contributed by atoms with van der Waals surface area (Å²) in [5.74, 6) is -0.0783. The molecule has 1 saturated heterocycles. The molecule has 3 N–H and O–H groups in total. The molecule has 28 heavy (non-hydrogen) atoms. The fourth-order valence-corrected chi connectivity index (χ4v) is 3.43. The van der Waals surface area contributed by atoms with Gasteiger partial charge < -0.3 is 20.9 Å². The number of anilines is 1. The van der Waals surface area contributed by atoms with E-state index in [9.17, 15) is 9.59 Å². The highest BCUT2D eigenvalue weighted by Crippen LogP contribution is 2.23. The zero-order valence-electron chi connectivity index (χ0n) is 16.5. The molecule has 6 nitrogen and oxygen atoms in total. The van der Waals surface area contributed by atoms with Gasteiger partial charge in [-0.15, -0.1) is 0 Å². The van der Waals surface area contributed by atoms with Crippen molar-refractivity contribution in [3.05, 3.63) is 65.2 Å². The number of carbonyl (C=O) groups excluding carboxylic acids is 2. The molecule has 0 radical (unpaired) electrons. The number of benzene rings is 2. The molecule has 0 saturated carbocycles. The van der Waals surface area contributed by atoms with E-state index in [-0.39, 0.29) is 24.5 Å². The first-order valence-electron chi connectivity index (χ1n) is 9.77. The summed E-state index contributed by atoms with van der Waals surface area (Å²) < 4.78 is 0. The van der Waals surface area contributed by atoms with Crippen LogP contribution in [-0.4, -0.2) is 43.0 Å². The van der Waals surface area contributed by atoms with Gasteiger partial charge in [0.1, 0.15) is 0 Å². The summed E-state index contributed by atoms with van der Waals surface area (Å²) >= 11 is 0. The summed E-state index contributed by atoms with van der Waals surface area (Å²) in [6, 6.07) is 15.6. The van der Waals surface area contributed by atoms with Crippen LogP contribution in [0.4, 0.5) is 10.5 Å². The Balaban J connectivity index is 1.58. The number of urea groups is 1. The van der Waals surface area contributed by atoms with Crippen LogP contribution in [-0.2, 0) is 11.2 Å². The van der Waals surface area contributed by atoms with Crippen LogP contribution in [0.25, 0.3) is 0 Å². The molecule has 1 unspecified atom stereocenters. The van der Waals surface area contributed by atoms with Crippen molar-refractivity contribution in [2.45, 2.75) is 26.3 Å². The Kier molecular flexibility index (Phi) is 6.66. The highest BCUT2D eigenvalue weighted by Gasteiger charge is 2.27. The standard InChI is InChI=1S/C22H28N4O2/c1-3-17-7-9-18(10-8-17)20-14-23-11-12-26(20)21(27)15-24-22(28)25-19-6-4-5-16(2)13-19/h4-10,13,20,23H,3,11-12,14-15H2,1-2H3,(H2,24,25,28). The smallest absolute Gasteiger partial charge is 0.319 e. The van der Waals surface area contributed by atoms with E-state index in [2.05, 4.69) is 47.1 Å². The van der Waals surface area contributed by atoms with Crippen molar-refractivity contribution in [3.8, 4) is 0 Å².